The van der Waals surface area contributed by atoms with Crippen molar-refractivity contribution in [3.05, 3.63) is 56.5 Å². The van der Waals surface area contributed by atoms with Crippen molar-refractivity contribution >= 4 is 40.5 Å². The van der Waals surface area contributed by atoms with Gasteiger partial charge in [-0.05, 0) is 0 Å². The molecule has 7 rings (SSSR count). The predicted molar refractivity (Wildman–Crippen MR) is 190 cm³/mol. The molecular weight excluding hydrogens is 722 g/mol. The van der Waals surface area contributed by atoms with Crippen molar-refractivity contribution in [3.63, 3.8) is 0 Å². The number of fused-ring (bicyclic) bond motifs is 5. The Morgan fingerprint density at radius 3 is 2.26 bits per heavy atom. The summed E-state index contributed by atoms with van der Waals surface area (Å²) >= 11 is -4.50. The second kappa shape index (κ2) is 11.9. The summed E-state index contributed by atoms with van der Waals surface area (Å²) < 4.78 is 11.2. The first-order chi connectivity index (χ1) is 21.9. The van der Waals surface area contributed by atoms with Crippen molar-refractivity contribution in [2.45, 2.75) is 144 Å². The minimum absolute atomic E-state index is 0.0189. The molecule has 1 aromatic rings. The van der Waals surface area contributed by atoms with E-state index in [1.807, 2.05) is 6.92 Å². The van der Waals surface area contributed by atoms with E-state index in [9.17, 15) is 4.79 Å². The zero-order valence-corrected chi connectivity index (χ0v) is 33.7. The van der Waals surface area contributed by atoms with Gasteiger partial charge in [-0.25, -0.2) is 0 Å². The fourth-order valence-corrected chi connectivity index (χ4v) is 25.5. The number of hydrogen-bond acceptors (Lipinski definition) is 5. The van der Waals surface area contributed by atoms with Gasteiger partial charge in [0, 0.05) is 0 Å². The second-order valence-corrected chi connectivity index (χ2v) is 28.9. The normalized spacial score (nSPS) is 37.7. The van der Waals surface area contributed by atoms with Crippen LogP contribution in [0.25, 0.3) is 0 Å². The second-order valence-electron chi connectivity index (χ2n) is 14.9. The number of ether oxygens (including phenoxy) is 1. The number of hydrogen-bond donors (Lipinski definition) is 2. The van der Waals surface area contributed by atoms with Crippen LogP contribution in [0.3, 0.4) is 0 Å². The van der Waals surface area contributed by atoms with Gasteiger partial charge in [-0.1, -0.05) is 0 Å². The summed E-state index contributed by atoms with van der Waals surface area (Å²) in [6.45, 7) is 20.9. The van der Waals surface area contributed by atoms with Gasteiger partial charge in [0.2, 0.25) is 0 Å². The molecular formula is C37H54Cl2N4O2Sn. The molecule has 1 fully saturated rings. The average molecular weight is 776 g/mol. The third-order valence-corrected chi connectivity index (χ3v) is 25.1. The van der Waals surface area contributed by atoms with E-state index in [0.717, 1.165) is 50.5 Å². The van der Waals surface area contributed by atoms with E-state index in [-0.39, 0.29) is 54.1 Å². The Morgan fingerprint density at radius 1 is 0.957 bits per heavy atom. The van der Waals surface area contributed by atoms with Crippen LogP contribution in [0.5, 0.6) is 0 Å². The van der Waals surface area contributed by atoms with Crippen molar-refractivity contribution < 1.29 is 9.53 Å². The zero-order chi connectivity index (χ0) is 33.0. The van der Waals surface area contributed by atoms with E-state index in [4.69, 9.17) is 22.6 Å². The van der Waals surface area contributed by atoms with E-state index in [2.05, 4.69) is 78.0 Å². The molecule has 6 bridgehead atoms. The Morgan fingerprint density at radius 2 is 1.63 bits per heavy atom. The first-order valence-electron chi connectivity index (χ1n) is 18.1. The number of carbonyl (C=O) groups excluding carboxylic acids is 1. The van der Waals surface area contributed by atoms with E-state index in [0.29, 0.717) is 6.61 Å². The molecule has 0 saturated carbocycles. The minimum atomic E-state index is -4.50. The van der Waals surface area contributed by atoms with Crippen LogP contribution >= 0.6 is 17.8 Å². The van der Waals surface area contributed by atoms with Crippen molar-refractivity contribution in [2.75, 3.05) is 6.61 Å². The predicted octanol–water partition coefficient (Wildman–Crippen LogP) is 6.96. The number of esters is 1. The summed E-state index contributed by atoms with van der Waals surface area (Å²) in [5.41, 5.74) is 12.0. The third-order valence-electron chi connectivity index (χ3n) is 13.6. The van der Waals surface area contributed by atoms with Gasteiger partial charge in [-0.15, -0.1) is 0 Å². The van der Waals surface area contributed by atoms with Gasteiger partial charge in [-0.2, -0.15) is 0 Å². The fourth-order valence-electron chi connectivity index (χ4n) is 11.6. The molecule has 2 N–H and O–H groups in total. The summed E-state index contributed by atoms with van der Waals surface area (Å²) in [6, 6.07) is 1.08. The summed E-state index contributed by atoms with van der Waals surface area (Å²) in [5, 5.41) is 8.33. The van der Waals surface area contributed by atoms with Gasteiger partial charge in [0.1, 0.15) is 0 Å². The molecule has 5 aliphatic heterocycles. The van der Waals surface area contributed by atoms with Gasteiger partial charge in [-0.3, -0.25) is 0 Å². The number of halogens is 2. The van der Waals surface area contributed by atoms with Gasteiger partial charge in [0.05, 0.1) is 0 Å². The van der Waals surface area contributed by atoms with Crippen LogP contribution in [0.2, 0.25) is 0 Å². The number of nitrogens with zero attached hydrogens (tertiary/aromatic N) is 2. The fraction of sp³-hybridized carbons (Fsp3) is 0.703. The van der Waals surface area contributed by atoms with E-state index in [1.165, 1.54) is 39.2 Å². The van der Waals surface area contributed by atoms with Crippen LogP contribution in [-0.2, 0) is 28.8 Å². The molecule has 46 heavy (non-hydrogen) atoms. The number of nitrogens with one attached hydrogen (secondary N) is 2. The van der Waals surface area contributed by atoms with Gasteiger partial charge in [0.15, 0.2) is 0 Å². The Labute approximate surface area is 288 Å². The number of carbonyl (C=O) groups is 1. The molecule has 6 heterocycles. The molecule has 6 aliphatic rings. The molecule has 1 aromatic heterocycles. The average Bonchev–Trinajstić information content (AvgIpc) is 3.75. The van der Waals surface area contributed by atoms with Crippen molar-refractivity contribution in [1.29, 1.82) is 0 Å². The van der Waals surface area contributed by atoms with Gasteiger partial charge in [0.25, 0.3) is 0 Å². The van der Waals surface area contributed by atoms with Crippen molar-refractivity contribution in [2.24, 2.45) is 17.3 Å². The SMILES string of the molecule is CCOC(=O)C1=CC2C3NC(Cc4c(C)c(CC)c5[n]4[Sn]([Cl])([Cl])[N]4C(CC6NC(C5)C(C)=C6CC)[C@H](C)[C@@]1(CC)C24)C(CC)=C3C. The molecule has 6 nitrogen and oxygen atoms in total. The standard InChI is InChI=1S/C37H54N4O2.2ClH.Sn/c1-10-23-19(6)29-17-33-25(12-3)21(8)34(40-33)26-15-27(36(42)43-14-5)37(13-4)22(9)30(41-35(26)37)18-32-24(11-2)20(7)28(39-32)16-31(23)38-29;;;/h15,22,26,28,30,32-35,39-40H,10-14,16-18H2,1-9H3;2*1H;/q-2;;;+4/p-2/t22-,26?,28?,30?,32?,33?,34?,35?,37+;;;/m0.../s1. The maximum atomic E-state index is 14.1. The molecule has 252 valence electrons. The molecule has 0 radical (unpaired) electrons. The van der Waals surface area contributed by atoms with Gasteiger partial charge >= 0.3 is 290 Å². The van der Waals surface area contributed by atoms with Crippen LogP contribution in [0.1, 0.15) is 104 Å². The Bertz CT molecular complexity index is 1560. The molecule has 0 spiro atoms. The Balaban J connectivity index is 1.58. The molecule has 0 aromatic carbocycles. The number of rotatable bonds is 6. The number of aromatic nitrogens is 1. The summed E-state index contributed by atoms with van der Waals surface area (Å²) in [6.07, 6.45) is 8.94. The van der Waals surface area contributed by atoms with E-state index in [1.54, 1.807) is 5.57 Å². The molecule has 9 heteroatoms. The van der Waals surface area contributed by atoms with Crippen LogP contribution < -0.4 is 10.6 Å². The summed E-state index contributed by atoms with van der Waals surface area (Å²) in [7, 11) is 16.6. The first-order valence-corrected chi connectivity index (χ1v) is 27.9. The quantitative estimate of drug-likeness (QED) is 0.186. The molecule has 7 unspecified atom stereocenters. The van der Waals surface area contributed by atoms with E-state index < -0.39 is 22.1 Å². The summed E-state index contributed by atoms with van der Waals surface area (Å²) in [5.74, 6) is 0.0997. The van der Waals surface area contributed by atoms with Crippen LogP contribution in [0.4, 0.5) is 0 Å². The third kappa shape index (κ3) is 4.34. The molecule has 1 aliphatic carbocycles. The van der Waals surface area contributed by atoms with Crippen LogP contribution in [0.15, 0.2) is 33.9 Å². The first kappa shape index (κ1) is 33.7. The van der Waals surface area contributed by atoms with Crippen molar-refractivity contribution in [1.82, 2.24) is 16.5 Å². The van der Waals surface area contributed by atoms with E-state index >= 15 is 0 Å². The van der Waals surface area contributed by atoms with Crippen LogP contribution in [0, 0.1) is 24.2 Å². The van der Waals surface area contributed by atoms with Crippen molar-refractivity contribution in [3.8, 4) is 0 Å². The Hall–Kier alpha value is -0.771. The monoisotopic (exact) mass is 776 g/mol. The summed E-state index contributed by atoms with van der Waals surface area (Å²) in [4.78, 5) is 14.1. The molecule has 0 amide bonds. The van der Waals surface area contributed by atoms with Gasteiger partial charge < -0.3 is 0 Å². The molecule has 1 saturated heterocycles. The Kier molecular flexibility index (Phi) is 8.74. The zero-order valence-electron chi connectivity index (χ0n) is 29.3. The maximum absolute atomic E-state index is 14.1. The van der Waals surface area contributed by atoms with Crippen LogP contribution in [-0.4, -0.2) is 71.4 Å². The molecule has 9 atom stereocenters. The topological polar surface area (TPSA) is 58.5 Å².